The van der Waals surface area contributed by atoms with E-state index in [4.69, 9.17) is 4.55 Å². The molecule has 21 heavy (non-hydrogen) atoms. The van der Waals surface area contributed by atoms with Crippen LogP contribution < -0.4 is 0 Å². The van der Waals surface area contributed by atoms with Crippen molar-refractivity contribution in [2.45, 2.75) is 24.0 Å². The number of benzene rings is 1. The lowest BCUT2D eigenvalue weighted by Crippen LogP contribution is -2.51. The summed E-state index contributed by atoms with van der Waals surface area (Å²) in [5, 5.41) is -5.48. The Bertz CT molecular complexity index is 556. The third kappa shape index (κ3) is 4.61. The molecule has 1 aromatic rings. The van der Waals surface area contributed by atoms with Crippen molar-refractivity contribution in [1.82, 2.24) is 0 Å². The Kier molecular flexibility index (Phi) is 5.29. The van der Waals surface area contributed by atoms with E-state index in [-0.39, 0.29) is 6.42 Å². The summed E-state index contributed by atoms with van der Waals surface area (Å²) < 4.78 is 96.8. The molecule has 1 aromatic carbocycles. The third-order valence-corrected chi connectivity index (χ3v) is 3.37. The molecule has 0 saturated heterocycles. The van der Waals surface area contributed by atoms with E-state index in [1.807, 2.05) is 0 Å². The number of halogens is 5. The van der Waals surface area contributed by atoms with Gasteiger partial charge in [-0.05, 0) is 12.0 Å². The standard InChI is InChI=1S/C11H11F5O4S/c12-10(13,14)9(11(15,16)21(17,18)19)20-7-6-8-4-2-1-3-5-8/h1-5,9H,6-7H2,(H,17,18,19). The van der Waals surface area contributed by atoms with Gasteiger partial charge in [-0.3, -0.25) is 4.55 Å². The van der Waals surface area contributed by atoms with Gasteiger partial charge in [0.2, 0.25) is 6.10 Å². The number of alkyl halides is 5. The maximum Gasteiger partial charge on any atom is 0.421 e. The van der Waals surface area contributed by atoms with E-state index in [2.05, 4.69) is 4.74 Å². The molecule has 0 heterocycles. The zero-order valence-electron chi connectivity index (χ0n) is 10.3. The van der Waals surface area contributed by atoms with Crippen molar-refractivity contribution in [2.24, 2.45) is 0 Å². The first-order valence-electron chi connectivity index (χ1n) is 5.53. The Morgan fingerprint density at radius 1 is 1.10 bits per heavy atom. The summed E-state index contributed by atoms with van der Waals surface area (Å²) in [5.74, 6) is 0. The Labute approximate surface area is 117 Å². The van der Waals surface area contributed by atoms with Gasteiger partial charge in [0.05, 0.1) is 6.61 Å². The first-order valence-corrected chi connectivity index (χ1v) is 6.97. The molecule has 1 atom stereocenters. The molecule has 0 aliphatic carbocycles. The Morgan fingerprint density at radius 2 is 1.62 bits per heavy atom. The molecule has 1 unspecified atom stereocenters. The van der Waals surface area contributed by atoms with Gasteiger partial charge in [0.15, 0.2) is 0 Å². The highest BCUT2D eigenvalue weighted by molar-refractivity contribution is 7.86. The van der Waals surface area contributed by atoms with E-state index in [0.717, 1.165) is 0 Å². The number of rotatable bonds is 6. The van der Waals surface area contributed by atoms with E-state index in [1.165, 1.54) is 12.1 Å². The van der Waals surface area contributed by atoms with Gasteiger partial charge in [0.25, 0.3) is 0 Å². The average Bonchev–Trinajstić information content (AvgIpc) is 2.32. The van der Waals surface area contributed by atoms with E-state index >= 15 is 0 Å². The zero-order chi connectivity index (χ0) is 16.3. The zero-order valence-corrected chi connectivity index (χ0v) is 11.2. The molecule has 0 saturated carbocycles. The highest BCUT2D eigenvalue weighted by Gasteiger charge is 2.64. The number of hydrogen-bond acceptors (Lipinski definition) is 3. The van der Waals surface area contributed by atoms with E-state index in [0.29, 0.717) is 5.56 Å². The van der Waals surface area contributed by atoms with Crippen LogP contribution >= 0.6 is 0 Å². The summed E-state index contributed by atoms with van der Waals surface area (Å²) in [7, 11) is -6.26. The molecule has 0 aliphatic heterocycles. The summed E-state index contributed by atoms with van der Waals surface area (Å²) in [6, 6.07) is 7.89. The van der Waals surface area contributed by atoms with Crippen LogP contribution in [0.4, 0.5) is 22.0 Å². The maximum atomic E-state index is 13.1. The monoisotopic (exact) mass is 334 g/mol. The lowest BCUT2D eigenvalue weighted by molar-refractivity contribution is -0.264. The quantitative estimate of drug-likeness (QED) is 0.642. The summed E-state index contributed by atoms with van der Waals surface area (Å²) in [6.45, 7) is -0.792. The normalized spacial score (nSPS) is 15.0. The summed E-state index contributed by atoms with van der Waals surface area (Å²) >= 11 is 0. The molecule has 1 rings (SSSR count). The fourth-order valence-corrected chi connectivity index (χ4v) is 1.93. The molecule has 0 spiro atoms. The van der Waals surface area contributed by atoms with Gasteiger partial charge in [-0.15, -0.1) is 0 Å². The van der Waals surface area contributed by atoms with Crippen molar-refractivity contribution >= 4 is 10.1 Å². The van der Waals surface area contributed by atoms with Crippen LogP contribution in [0.15, 0.2) is 30.3 Å². The maximum absolute atomic E-state index is 13.1. The van der Waals surface area contributed by atoms with E-state index < -0.39 is 34.3 Å². The number of hydrogen-bond donors (Lipinski definition) is 1. The van der Waals surface area contributed by atoms with Crippen LogP contribution in [0.2, 0.25) is 0 Å². The summed E-state index contributed by atoms with van der Waals surface area (Å²) in [4.78, 5) is 0. The largest absolute Gasteiger partial charge is 0.421 e. The van der Waals surface area contributed by atoms with Gasteiger partial charge in [0, 0.05) is 0 Å². The lowest BCUT2D eigenvalue weighted by atomic mass is 10.2. The van der Waals surface area contributed by atoms with Gasteiger partial charge in [-0.2, -0.15) is 30.4 Å². The molecule has 0 bridgehead atoms. The highest BCUT2D eigenvalue weighted by Crippen LogP contribution is 2.37. The first kappa shape index (κ1) is 17.8. The second kappa shape index (κ2) is 6.24. The van der Waals surface area contributed by atoms with Crippen molar-refractivity contribution in [1.29, 1.82) is 0 Å². The minimum atomic E-state index is -6.26. The van der Waals surface area contributed by atoms with E-state index in [1.54, 1.807) is 18.2 Å². The van der Waals surface area contributed by atoms with Crippen LogP contribution in [0.1, 0.15) is 5.56 Å². The van der Waals surface area contributed by atoms with Gasteiger partial charge >= 0.3 is 21.5 Å². The smallest absolute Gasteiger partial charge is 0.362 e. The number of ether oxygens (including phenoxy) is 1. The van der Waals surface area contributed by atoms with Crippen LogP contribution in [-0.4, -0.2) is 37.1 Å². The molecule has 0 aliphatic rings. The summed E-state index contributed by atoms with van der Waals surface area (Å²) in [6.07, 6.45) is -9.73. The molecular formula is C11H11F5O4S. The van der Waals surface area contributed by atoms with Crippen molar-refractivity contribution in [2.75, 3.05) is 6.61 Å². The Morgan fingerprint density at radius 3 is 2.05 bits per heavy atom. The Hall–Kier alpha value is -1.26. The second-order valence-electron chi connectivity index (χ2n) is 4.06. The first-order chi connectivity index (χ1) is 9.46. The molecule has 1 N–H and O–H groups in total. The molecular weight excluding hydrogens is 323 g/mol. The highest BCUT2D eigenvalue weighted by atomic mass is 32.2. The third-order valence-electron chi connectivity index (χ3n) is 2.46. The van der Waals surface area contributed by atoms with Crippen LogP contribution in [0.3, 0.4) is 0 Å². The fourth-order valence-electron chi connectivity index (χ4n) is 1.46. The molecule has 0 fully saturated rings. The van der Waals surface area contributed by atoms with Crippen LogP contribution in [0, 0.1) is 0 Å². The van der Waals surface area contributed by atoms with Gasteiger partial charge in [-0.1, -0.05) is 30.3 Å². The minimum absolute atomic E-state index is 0.130. The van der Waals surface area contributed by atoms with Crippen LogP contribution in [0.5, 0.6) is 0 Å². The molecule has 0 radical (unpaired) electrons. The lowest BCUT2D eigenvalue weighted by Gasteiger charge is -2.26. The van der Waals surface area contributed by atoms with Gasteiger partial charge in [-0.25, -0.2) is 0 Å². The summed E-state index contributed by atoms with van der Waals surface area (Å²) in [5.41, 5.74) is 0.522. The predicted molar refractivity (Wildman–Crippen MR) is 62.4 cm³/mol. The van der Waals surface area contributed by atoms with Crippen LogP contribution in [0.25, 0.3) is 0 Å². The molecule has 120 valence electrons. The average molecular weight is 334 g/mol. The predicted octanol–water partition coefficient (Wildman–Crippen LogP) is 2.66. The Balaban J connectivity index is 2.82. The van der Waals surface area contributed by atoms with Crippen molar-refractivity contribution in [3.63, 3.8) is 0 Å². The molecule has 0 aromatic heterocycles. The van der Waals surface area contributed by atoms with Gasteiger partial charge < -0.3 is 4.74 Å². The van der Waals surface area contributed by atoms with Crippen molar-refractivity contribution < 1.29 is 39.7 Å². The van der Waals surface area contributed by atoms with Crippen molar-refractivity contribution in [3.05, 3.63) is 35.9 Å². The molecule has 0 amide bonds. The van der Waals surface area contributed by atoms with Crippen molar-refractivity contribution in [3.8, 4) is 0 Å². The topological polar surface area (TPSA) is 63.6 Å². The molecule has 10 heteroatoms. The second-order valence-corrected chi connectivity index (χ2v) is 5.56. The van der Waals surface area contributed by atoms with Crippen LogP contribution in [-0.2, 0) is 21.3 Å². The van der Waals surface area contributed by atoms with E-state index in [9.17, 15) is 30.4 Å². The molecule has 4 nitrogen and oxygen atoms in total. The fraction of sp³-hybridized carbons (Fsp3) is 0.455. The SMILES string of the molecule is O=S(=O)(O)C(F)(F)C(OCCc1ccccc1)C(F)(F)F. The van der Waals surface area contributed by atoms with Gasteiger partial charge in [0.1, 0.15) is 0 Å². The minimum Gasteiger partial charge on any atom is -0.362 e.